The van der Waals surface area contributed by atoms with Crippen molar-refractivity contribution in [2.75, 3.05) is 11.9 Å². The molecule has 0 bridgehead atoms. The summed E-state index contributed by atoms with van der Waals surface area (Å²) in [6, 6.07) is 6.11. The first-order chi connectivity index (χ1) is 8.13. The predicted octanol–water partition coefficient (Wildman–Crippen LogP) is 4.23. The number of hydrogen-bond acceptors (Lipinski definition) is 1. The van der Waals surface area contributed by atoms with Gasteiger partial charge in [0.2, 0.25) is 0 Å². The first-order valence-electron chi connectivity index (χ1n) is 5.94. The molecule has 1 rings (SSSR count). The van der Waals surface area contributed by atoms with E-state index < -0.39 is 0 Å². The van der Waals surface area contributed by atoms with E-state index in [1.54, 1.807) is 0 Å². The number of aryl methyl sites for hydroxylation is 1. The third-order valence-corrected chi connectivity index (χ3v) is 3.62. The van der Waals surface area contributed by atoms with Crippen molar-refractivity contribution in [2.24, 2.45) is 0 Å². The Labute approximate surface area is 117 Å². The van der Waals surface area contributed by atoms with Gasteiger partial charge in [-0.25, -0.2) is 0 Å². The number of unbranched alkanes of at least 4 members (excludes halogenated alkanes) is 2. The van der Waals surface area contributed by atoms with E-state index in [9.17, 15) is 0 Å². The molecule has 0 aliphatic heterocycles. The second kappa shape index (κ2) is 7.67. The fourth-order valence-corrected chi connectivity index (χ4v) is 1.94. The van der Waals surface area contributed by atoms with Crippen LogP contribution in [-0.4, -0.2) is 11.7 Å². The van der Waals surface area contributed by atoms with Crippen LogP contribution in [0.5, 0.6) is 0 Å². The van der Waals surface area contributed by atoms with E-state index in [0.717, 1.165) is 23.1 Å². The average Bonchev–Trinajstić information content (AvgIpc) is 2.30. The zero-order chi connectivity index (χ0) is 12.7. The van der Waals surface area contributed by atoms with E-state index >= 15 is 0 Å². The molecule has 0 aliphatic carbocycles. The molecular formula is C13H19BrN2S. The first kappa shape index (κ1) is 14.5. The maximum atomic E-state index is 5.23. The van der Waals surface area contributed by atoms with Gasteiger partial charge in [-0.3, -0.25) is 0 Å². The highest BCUT2D eigenvalue weighted by molar-refractivity contribution is 9.10. The zero-order valence-corrected chi connectivity index (χ0v) is 12.7. The molecule has 0 unspecified atom stereocenters. The molecule has 17 heavy (non-hydrogen) atoms. The van der Waals surface area contributed by atoms with Gasteiger partial charge in [0.15, 0.2) is 5.11 Å². The minimum atomic E-state index is 0.697. The van der Waals surface area contributed by atoms with Gasteiger partial charge in [0.25, 0.3) is 0 Å². The van der Waals surface area contributed by atoms with Crippen LogP contribution >= 0.6 is 28.1 Å². The van der Waals surface area contributed by atoms with Crippen molar-refractivity contribution in [3.05, 3.63) is 28.2 Å². The molecule has 94 valence electrons. The number of benzene rings is 1. The highest BCUT2D eigenvalue weighted by Crippen LogP contribution is 2.19. The van der Waals surface area contributed by atoms with Crippen LogP contribution in [0.25, 0.3) is 0 Å². The first-order valence-corrected chi connectivity index (χ1v) is 7.14. The van der Waals surface area contributed by atoms with Crippen LogP contribution in [0.15, 0.2) is 22.7 Å². The van der Waals surface area contributed by atoms with Gasteiger partial charge in [-0.1, -0.05) is 35.7 Å². The molecule has 0 aromatic heterocycles. The van der Waals surface area contributed by atoms with Crippen molar-refractivity contribution in [2.45, 2.75) is 33.1 Å². The minimum Gasteiger partial charge on any atom is -0.362 e. The van der Waals surface area contributed by atoms with Crippen LogP contribution in [0.1, 0.15) is 31.7 Å². The van der Waals surface area contributed by atoms with Gasteiger partial charge >= 0.3 is 0 Å². The molecule has 4 heteroatoms. The smallest absolute Gasteiger partial charge is 0.170 e. The number of rotatable bonds is 5. The monoisotopic (exact) mass is 314 g/mol. The summed E-state index contributed by atoms with van der Waals surface area (Å²) in [5.74, 6) is 0. The summed E-state index contributed by atoms with van der Waals surface area (Å²) in [7, 11) is 0. The maximum absolute atomic E-state index is 5.23. The SMILES string of the molecule is CCCCCNC(=S)Nc1ccc(Br)c(C)c1. The largest absolute Gasteiger partial charge is 0.362 e. The van der Waals surface area contributed by atoms with Crippen LogP contribution in [0, 0.1) is 6.92 Å². The third-order valence-electron chi connectivity index (χ3n) is 2.48. The normalized spacial score (nSPS) is 10.1. The van der Waals surface area contributed by atoms with E-state index in [2.05, 4.69) is 46.5 Å². The second-order valence-corrected chi connectivity index (χ2v) is 5.31. The van der Waals surface area contributed by atoms with E-state index in [0.29, 0.717) is 5.11 Å². The lowest BCUT2D eigenvalue weighted by Gasteiger charge is -2.11. The molecule has 2 nitrogen and oxygen atoms in total. The molecule has 0 fully saturated rings. The number of halogens is 1. The van der Waals surface area contributed by atoms with Crippen molar-refractivity contribution < 1.29 is 0 Å². The van der Waals surface area contributed by atoms with Crippen LogP contribution in [0.3, 0.4) is 0 Å². The molecular weight excluding hydrogens is 296 g/mol. The van der Waals surface area contributed by atoms with Crippen LogP contribution in [-0.2, 0) is 0 Å². The Balaban J connectivity index is 2.37. The summed E-state index contributed by atoms with van der Waals surface area (Å²) < 4.78 is 1.12. The van der Waals surface area contributed by atoms with Crippen LogP contribution < -0.4 is 10.6 Å². The van der Waals surface area contributed by atoms with Gasteiger partial charge in [0, 0.05) is 16.7 Å². The lowest BCUT2D eigenvalue weighted by molar-refractivity contribution is 0.698. The fourth-order valence-electron chi connectivity index (χ4n) is 1.47. The lowest BCUT2D eigenvalue weighted by atomic mass is 10.2. The third kappa shape index (κ3) is 5.50. The van der Waals surface area contributed by atoms with E-state index in [-0.39, 0.29) is 0 Å². The molecule has 0 atom stereocenters. The molecule has 0 heterocycles. The molecule has 0 radical (unpaired) electrons. The fraction of sp³-hybridized carbons (Fsp3) is 0.462. The van der Waals surface area contributed by atoms with Gasteiger partial charge in [-0.2, -0.15) is 0 Å². The average molecular weight is 315 g/mol. The lowest BCUT2D eigenvalue weighted by Crippen LogP contribution is -2.29. The van der Waals surface area contributed by atoms with Gasteiger partial charge in [0.05, 0.1) is 0 Å². The molecule has 0 aliphatic rings. The summed E-state index contributed by atoms with van der Waals surface area (Å²) >= 11 is 8.71. The summed E-state index contributed by atoms with van der Waals surface area (Å²) in [5.41, 5.74) is 2.22. The Morgan fingerprint density at radius 1 is 1.35 bits per heavy atom. The van der Waals surface area contributed by atoms with Crippen molar-refractivity contribution in [3.63, 3.8) is 0 Å². The van der Waals surface area contributed by atoms with Gasteiger partial charge in [0.1, 0.15) is 0 Å². The quantitative estimate of drug-likeness (QED) is 0.628. The topological polar surface area (TPSA) is 24.1 Å². The van der Waals surface area contributed by atoms with Gasteiger partial charge < -0.3 is 10.6 Å². The van der Waals surface area contributed by atoms with Gasteiger partial charge in [-0.05, 0) is 49.3 Å². The Hall–Kier alpha value is -0.610. The summed E-state index contributed by atoms with van der Waals surface area (Å²) in [5, 5.41) is 7.09. The second-order valence-electron chi connectivity index (χ2n) is 4.05. The highest BCUT2D eigenvalue weighted by atomic mass is 79.9. The standard InChI is InChI=1S/C13H19BrN2S/c1-3-4-5-8-15-13(17)16-11-6-7-12(14)10(2)9-11/h6-7,9H,3-5,8H2,1-2H3,(H2,15,16,17). The number of hydrogen-bond donors (Lipinski definition) is 2. The molecule has 1 aromatic carbocycles. The summed E-state index contributed by atoms with van der Waals surface area (Å²) in [4.78, 5) is 0. The summed E-state index contributed by atoms with van der Waals surface area (Å²) in [6.07, 6.45) is 3.64. The molecule has 0 amide bonds. The van der Waals surface area contributed by atoms with Gasteiger partial charge in [-0.15, -0.1) is 0 Å². The van der Waals surface area contributed by atoms with Crippen molar-refractivity contribution in [3.8, 4) is 0 Å². The Bertz CT molecular complexity index is 380. The van der Waals surface area contributed by atoms with Crippen LogP contribution in [0.2, 0.25) is 0 Å². The molecule has 0 spiro atoms. The number of anilines is 1. The van der Waals surface area contributed by atoms with E-state index in [4.69, 9.17) is 12.2 Å². The summed E-state index contributed by atoms with van der Waals surface area (Å²) in [6.45, 7) is 5.20. The Kier molecular flexibility index (Phi) is 6.52. The minimum absolute atomic E-state index is 0.697. The highest BCUT2D eigenvalue weighted by Gasteiger charge is 1.99. The van der Waals surface area contributed by atoms with Crippen molar-refractivity contribution in [1.29, 1.82) is 0 Å². The maximum Gasteiger partial charge on any atom is 0.170 e. The molecule has 0 saturated heterocycles. The molecule has 0 saturated carbocycles. The van der Waals surface area contributed by atoms with Crippen LogP contribution in [0.4, 0.5) is 5.69 Å². The Morgan fingerprint density at radius 3 is 2.76 bits per heavy atom. The molecule has 2 N–H and O–H groups in total. The Morgan fingerprint density at radius 2 is 2.12 bits per heavy atom. The predicted molar refractivity (Wildman–Crippen MR) is 82.6 cm³/mol. The van der Waals surface area contributed by atoms with Crippen molar-refractivity contribution in [1.82, 2.24) is 5.32 Å². The molecule has 1 aromatic rings. The van der Waals surface area contributed by atoms with E-state index in [1.807, 2.05) is 12.1 Å². The zero-order valence-electron chi connectivity index (χ0n) is 10.3. The number of thiocarbonyl (C=S) groups is 1. The van der Waals surface area contributed by atoms with E-state index in [1.165, 1.54) is 18.4 Å². The van der Waals surface area contributed by atoms with Crippen molar-refractivity contribution >= 4 is 38.9 Å². The number of nitrogens with one attached hydrogen (secondary N) is 2.